The molecular formula is C22H29N3O5S. The average molecular weight is 448 g/mol. The van der Waals surface area contributed by atoms with Crippen LogP contribution in [0.4, 0.5) is 5.69 Å². The van der Waals surface area contributed by atoms with Crippen molar-refractivity contribution in [1.29, 1.82) is 0 Å². The van der Waals surface area contributed by atoms with Crippen LogP contribution < -0.4 is 10.1 Å². The second-order valence-electron chi connectivity index (χ2n) is 7.59. The van der Waals surface area contributed by atoms with E-state index in [9.17, 15) is 13.2 Å². The van der Waals surface area contributed by atoms with E-state index in [-0.39, 0.29) is 35.2 Å². The number of likely N-dealkylation sites (N-methyl/N-ethyl adjacent to an activating group) is 1. The molecule has 1 amide bonds. The number of carbonyl (C=O) groups is 1. The Bertz CT molecular complexity index is 1000. The summed E-state index contributed by atoms with van der Waals surface area (Å²) < 4.78 is 38.1. The minimum atomic E-state index is -3.81. The Hall–Kier alpha value is -2.46. The van der Waals surface area contributed by atoms with Gasteiger partial charge >= 0.3 is 0 Å². The van der Waals surface area contributed by atoms with Gasteiger partial charge in [-0.3, -0.25) is 4.79 Å². The Labute approximate surface area is 183 Å². The number of morpholine rings is 1. The van der Waals surface area contributed by atoms with Gasteiger partial charge in [-0.1, -0.05) is 12.1 Å². The monoisotopic (exact) mass is 447 g/mol. The highest BCUT2D eigenvalue weighted by Crippen LogP contribution is 2.28. The predicted octanol–water partition coefficient (Wildman–Crippen LogP) is 2.07. The summed E-state index contributed by atoms with van der Waals surface area (Å²) in [6.07, 6.45) is 0.919. The zero-order chi connectivity index (χ0) is 22.4. The summed E-state index contributed by atoms with van der Waals surface area (Å²) in [4.78, 5) is 14.9. The van der Waals surface area contributed by atoms with E-state index in [0.29, 0.717) is 18.9 Å². The molecule has 31 heavy (non-hydrogen) atoms. The van der Waals surface area contributed by atoms with Crippen molar-refractivity contribution in [2.24, 2.45) is 0 Å². The number of hydrogen-bond acceptors (Lipinski definition) is 6. The fraction of sp³-hybridized carbons (Fsp3) is 0.409. The molecule has 3 rings (SSSR count). The number of hydrogen-bond donors (Lipinski definition) is 1. The number of nitrogens with one attached hydrogen (secondary N) is 1. The third kappa shape index (κ3) is 5.82. The summed E-state index contributed by atoms with van der Waals surface area (Å²) in [7, 11) is 1.65. The molecule has 0 bridgehead atoms. The molecular weight excluding hydrogens is 418 g/mol. The maximum atomic E-state index is 13.1. The zero-order valence-electron chi connectivity index (χ0n) is 18.1. The van der Waals surface area contributed by atoms with E-state index in [1.54, 1.807) is 6.07 Å². The largest absolute Gasteiger partial charge is 0.495 e. The fourth-order valence-electron chi connectivity index (χ4n) is 3.26. The Morgan fingerprint density at radius 2 is 1.81 bits per heavy atom. The molecule has 1 saturated heterocycles. The molecule has 0 atom stereocenters. The van der Waals surface area contributed by atoms with Crippen LogP contribution in [0.2, 0.25) is 0 Å². The lowest BCUT2D eigenvalue weighted by molar-refractivity contribution is 0.0729. The lowest BCUT2D eigenvalue weighted by Gasteiger charge is -2.26. The predicted molar refractivity (Wildman–Crippen MR) is 119 cm³/mol. The van der Waals surface area contributed by atoms with Crippen molar-refractivity contribution in [3.8, 4) is 5.75 Å². The highest BCUT2D eigenvalue weighted by molar-refractivity contribution is 7.89. The molecule has 2 aromatic rings. The van der Waals surface area contributed by atoms with Gasteiger partial charge < -0.3 is 19.7 Å². The summed E-state index contributed by atoms with van der Waals surface area (Å²) in [5, 5.41) is 2.83. The molecule has 1 fully saturated rings. The van der Waals surface area contributed by atoms with E-state index >= 15 is 0 Å². The number of rotatable bonds is 8. The molecule has 0 saturated carbocycles. The first-order valence-corrected chi connectivity index (χ1v) is 11.6. The minimum Gasteiger partial charge on any atom is -0.495 e. The summed E-state index contributed by atoms with van der Waals surface area (Å²) in [6, 6.07) is 12.1. The van der Waals surface area contributed by atoms with Crippen molar-refractivity contribution in [2.75, 3.05) is 59.4 Å². The molecule has 0 unspecified atom stereocenters. The number of methoxy groups -OCH3 is 1. The Morgan fingerprint density at radius 3 is 2.42 bits per heavy atom. The first-order valence-electron chi connectivity index (χ1n) is 10.1. The topological polar surface area (TPSA) is 88.2 Å². The quantitative estimate of drug-likeness (QED) is 0.667. The van der Waals surface area contributed by atoms with Gasteiger partial charge in [0.1, 0.15) is 10.6 Å². The fourth-order valence-corrected chi connectivity index (χ4v) is 4.85. The van der Waals surface area contributed by atoms with Gasteiger partial charge in [0.15, 0.2) is 0 Å². The van der Waals surface area contributed by atoms with Crippen LogP contribution in [-0.4, -0.2) is 77.6 Å². The number of ether oxygens (including phenoxy) is 2. The molecule has 0 aromatic heterocycles. The van der Waals surface area contributed by atoms with Crippen LogP contribution in [0.25, 0.3) is 0 Å². The van der Waals surface area contributed by atoms with Crippen LogP contribution in [0.5, 0.6) is 5.75 Å². The van der Waals surface area contributed by atoms with E-state index in [0.717, 1.165) is 13.0 Å². The van der Waals surface area contributed by atoms with Gasteiger partial charge in [0.2, 0.25) is 10.0 Å². The molecule has 0 aliphatic carbocycles. The van der Waals surface area contributed by atoms with Crippen molar-refractivity contribution in [3.63, 3.8) is 0 Å². The third-order valence-corrected chi connectivity index (χ3v) is 6.99. The smallest absolute Gasteiger partial charge is 0.255 e. The standard InChI is InChI=1S/C22H29N3O5S/c1-24(2)11-10-17-4-7-19(8-5-17)23-22(26)18-6-9-20(29-3)21(16-18)31(27,28)25-12-14-30-15-13-25/h4-9,16H,10-15H2,1-3H3,(H,23,26). The molecule has 0 radical (unpaired) electrons. The average Bonchev–Trinajstić information content (AvgIpc) is 2.78. The van der Waals surface area contributed by atoms with Crippen molar-refractivity contribution in [2.45, 2.75) is 11.3 Å². The number of amides is 1. The van der Waals surface area contributed by atoms with Crippen LogP contribution in [0.15, 0.2) is 47.4 Å². The Balaban J connectivity index is 1.78. The van der Waals surface area contributed by atoms with Gasteiger partial charge in [-0.2, -0.15) is 4.31 Å². The van der Waals surface area contributed by atoms with Gasteiger partial charge in [0.05, 0.1) is 20.3 Å². The lowest BCUT2D eigenvalue weighted by atomic mass is 10.1. The second kappa shape index (κ2) is 10.2. The SMILES string of the molecule is COc1ccc(C(=O)Nc2ccc(CCN(C)C)cc2)cc1S(=O)(=O)N1CCOCC1. The van der Waals surface area contributed by atoms with Crippen LogP contribution >= 0.6 is 0 Å². The van der Waals surface area contributed by atoms with Gasteiger partial charge in [-0.15, -0.1) is 0 Å². The number of carbonyl (C=O) groups excluding carboxylic acids is 1. The van der Waals surface area contributed by atoms with Crippen molar-refractivity contribution < 1.29 is 22.7 Å². The van der Waals surface area contributed by atoms with Crippen LogP contribution in [0.3, 0.4) is 0 Å². The third-order valence-electron chi connectivity index (χ3n) is 5.07. The van der Waals surface area contributed by atoms with Gasteiger partial charge in [-0.05, 0) is 56.4 Å². The van der Waals surface area contributed by atoms with Crippen LogP contribution in [0.1, 0.15) is 15.9 Å². The second-order valence-corrected chi connectivity index (χ2v) is 9.49. The number of sulfonamides is 1. The summed E-state index contributed by atoms with van der Waals surface area (Å²) in [5.41, 5.74) is 2.06. The number of benzene rings is 2. The molecule has 9 heteroatoms. The first-order chi connectivity index (χ1) is 14.8. The molecule has 1 heterocycles. The summed E-state index contributed by atoms with van der Waals surface area (Å²) in [6.45, 7) is 2.15. The maximum Gasteiger partial charge on any atom is 0.255 e. The van der Waals surface area contributed by atoms with Crippen LogP contribution in [-0.2, 0) is 21.2 Å². The van der Waals surface area contributed by atoms with Crippen molar-refractivity contribution in [1.82, 2.24) is 9.21 Å². The van der Waals surface area contributed by atoms with Crippen molar-refractivity contribution >= 4 is 21.6 Å². The lowest BCUT2D eigenvalue weighted by Crippen LogP contribution is -2.40. The Kier molecular flexibility index (Phi) is 7.66. The van der Waals surface area contributed by atoms with Gasteiger partial charge in [0, 0.05) is 30.9 Å². The van der Waals surface area contributed by atoms with Crippen molar-refractivity contribution in [3.05, 3.63) is 53.6 Å². The minimum absolute atomic E-state index is 0.0245. The highest BCUT2D eigenvalue weighted by Gasteiger charge is 2.30. The normalized spacial score (nSPS) is 15.1. The Morgan fingerprint density at radius 1 is 1.13 bits per heavy atom. The summed E-state index contributed by atoms with van der Waals surface area (Å²) in [5.74, 6) is -0.185. The highest BCUT2D eigenvalue weighted by atomic mass is 32.2. The molecule has 168 valence electrons. The zero-order valence-corrected chi connectivity index (χ0v) is 18.9. The van der Waals surface area contributed by atoms with Crippen LogP contribution in [0, 0.1) is 0 Å². The molecule has 2 aromatic carbocycles. The molecule has 1 aliphatic rings. The van der Waals surface area contributed by atoms with E-state index in [1.165, 1.54) is 29.1 Å². The number of nitrogens with zero attached hydrogens (tertiary/aromatic N) is 2. The van der Waals surface area contributed by atoms with Gasteiger partial charge in [-0.25, -0.2) is 8.42 Å². The molecule has 8 nitrogen and oxygen atoms in total. The van der Waals surface area contributed by atoms with E-state index in [4.69, 9.17) is 9.47 Å². The van der Waals surface area contributed by atoms with E-state index in [1.807, 2.05) is 38.4 Å². The molecule has 1 aliphatic heterocycles. The van der Waals surface area contributed by atoms with E-state index in [2.05, 4.69) is 10.2 Å². The number of anilines is 1. The first kappa shape index (κ1) is 23.2. The molecule has 1 N–H and O–H groups in total. The summed E-state index contributed by atoms with van der Waals surface area (Å²) >= 11 is 0. The molecule has 0 spiro atoms. The van der Waals surface area contributed by atoms with Gasteiger partial charge in [0.25, 0.3) is 5.91 Å². The maximum absolute atomic E-state index is 13.1. The van der Waals surface area contributed by atoms with E-state index < -0.39 is 10.0 Å².